The lowest BCUT2D eigenvalue weighted by Gasteiger charge is -2.27. The second-order valence-corrected chi connectivity index (χ2v) is 11.7. The number of fused-ring (bicyclic) bond motifs is 1. The van der Waals surface area contributed by atoms with Gasteiger partial charge in [-0.3, -0.25) is 43.5 Å². The van der Waals surface area contributed by atoms with E-state index in [1.165, 1.54) is 11.0 Å². The van der Waals surface area contributed by atoms with Gasteiger partial charge in [0.2, 0.25) is 5.91 Å². The number of nitrogens with zero attached hydrogens (tertiary/aromatic N) is 5. The van der Waals surface area contributed by atoms with Gasteiger partial charge in [-0.2, -0.15) is 18.4 Å². The molecule has 0 aliphatic heterocycles. The number of benzene rings is 1. The van der Waals surface area contributed by atoms with Crippen LogP contribution in [0.25, 0.3) is 10.9 Å². The Morgan fingerprint density at radius 2 is 1.32 bits per heavy atom. The first-order chi connectivity index (χ1) is 23.5. The number of alkyl halides is 3. The van der Waals surface area contributed by atoms with E-state index in [4.69, 9.17) is 15.5 Å². The number of pyridine rings is 1. The molecule has 2 rings (SSSR count). The molecule has 0 unspecified atom stereocenters. The van der Waals surface area contributed by atoms with Gasteiger partial charge in [0.1, 0.15) is 5.40 Å². The number of aromatic nitrogens is 1. The van der Waals surface area contributed by atoms with Crippen LogP contribution in [-0.2, 0) is 30.1 Å². The molecule has 17 nitrogen and oxygen atoms in total. The van der Waals surface area contributed by atoms with Crippen molar-refractivity contribution in [3.05, 3.63) is 40.2 Å². The molecule has 0 aliphatic carbocycles. The summed E-state index contributed by atoms with van der Waals surface area (Å²) in [6.45, 7) is -3.40. The quantitative estimate of drug-likeness (QED) is 0.0682. The number of hydrogen-bond acceptors (Lipinski definition) is 12. The number of carbonyl (C=O) groups excluding carboxylic acids is 1. The highest BCUT2D eigenvalue weighted by Gasteiger charge is 2.34. The number of hydrogen-bond donors (Lipinski definition) is 6. The minimum Gasteiger partial charge on any atom is -0.480 e. The molecule has 0 saturated heterocycles. The average molecular weight is 732 g/mol. The molecule has 274 valence electrons. The van der Waals surface area contributed by atoms with Crippen molar-refractivity contribution in [2.24, 2.45) is 0 Å². The van der Waals surface area contributed by atoms with Crippen molar-refractivity contribution in [3.63, 3.8) is 0 Å². The van der Waals surface area contributed by atoms with Gasteiger partial charge in [-0.15, -0.1) is 0 Å². The van der Waals surface area contributed by atoms with E-state index in [2.05, 4.69) is 10.7 Å². The van der Waals surface area contributed by atoms with Crippen molar-refractivity contribution >= 4 is 58.1 Å². The molecule has 1 heterocycles. The first kappa shape index (κ1) is 41.3. The maximum atomic E-state index is 13.8. The van der Waals surface area contributed by atoms with Crippen LogP contribution in [0.5, 0.6) is 0 Å². The predicted octanol–water partition coefficient (Wildman–Crippen LogP) is 0.741. The van der Waals surface area contributed by atoms with Crippen molar-refractivity contribution in [1.29, 1.82) is 5.26 Å². The Bertz CT molecular complexity index is 1620. The summed E-state index contributed by atoms with van der Waals surface area (Å²) in [5, 5.41) is 49.5. The van der Waals surface area contributed by atoms with Gasteiger partial charge in [0.05, 0.1) is 43.8 Å². The Labute approximate surface area is 286 Å². The average Bonchev–Trinajstić information content (AvgIpc) is 2.99. The summed E-state index contributed by atoms with van der Waals surface area (Å²) in [5.74, 6) is -5.47. The Balaban J connectivity index is 2.23. The fraction of sp³-hybridized carbons (Fsp3) is 0.483. The zero-order chi connectivity index (χ0) is 37.4. The van der Waals surface area contributed by atoms with Crippen molar-refractivity contribution < 1.29 is 57.6 Å². The number of carbonyl (C=O) groups is 5. The highest BCUT2D eigenvalue weighted by atomic mass is 32.2. The highest BCUT2D eigenvalue weighted by Crippen LogP contribution is 2.34. The van der Waals surface area contributed by atoms with Gasteiger partial charge in [0.15, 0.2) is 0 Å². The van der Waals surface area contributed by atoms with Crippen LogP contribution in [0.1, 0.15) is 18.4 Å². The zero-order valence-corrected chi connectivity index (χ0v) is 27.3. The summed E-state index contributed by atoms with van der Waals surface area (Å²) in [5.41, 5.74) is 0.371. The number of thiocyanates is 1. The van der Waals surface area contributed by atoms with Crippen molar-refractivity contribution in [2.75, 3.05) is 81.9 Å². The third-order valence-corrected chi connectivity index (χ3v) is 7.50. The number of halogens is 3. The lowest BCUT2D eigenvalue weighted by Crippen LogP contribution is -2.46. The van der Waals surface area contributed by atoms with Crippen molar-refractivity contribution in [3.8, 4) is 5.40 Å². The number of nitrogens with one attached hydrogen (secondary N) is 2. The Hall–Kier alpha value is -4.91. The standard InChI is InChI=1S/C29H36F3N7O10S/c30-29(31,32)21-12-24(41)39(34-5-1-2-10-50-18-33)22-11-19(3-4-20(21)22)35-23(40)13-37(15-26(44)45)8-6-36(14-25(42)43)7-9-38(16-27(46)47)17-28(48)49/h3-4,11-12,34H,1-2,5-10,13-17H2,(H,35,40)(H,42,43)(H,44,45)(H,46,47)(H,48,49). The molecule has 0 aliphatic rings. The number of unbranched alkanes of at least 4 members (excludes halogenated alkanes) is 1. The molecule has 2 aromatic rings. The summed E-state index contributed by atoms with van der Waals surface area (Å²) >= 11 is 1.04. The molecule has 0 radical (unpaired) electrons. The van der Waals surface area contributed by atoms with E-state index < -0.39 is 79.8 Å². The summed E-state index contributed by atoms with van der Waals surface area (Å²) < 4.78 is 42.3. The predicted molar refractivity (Wildman–Crippen MR) is 173 cm³/mol. The van der Waals surface area contributed by atoms with Gasteiger partial charge >= 0.3 is 30.1 Å². The number of rotatable bonds is 23. The first-order valence-corrected chi connectivity index (χ1v) is 15.8. The number of anilines is 1. The van der Waals surface area contributed by atoms with Crippen molar-refractivity contribution in [2.45, 2.75) is 19.0 Å². The Kier molecular flexibility index (Phi) is 16.4. The fourth-order valence-corrected chi connectivity index (χ4v) is 5.21. The summed E-state index contributed by atoms with van der Waals surface area (Å²) in [7, 11) is 0. The molecule has 0 bridgehead atoms. The third-order valence-electron chi connectivity index (χ3n) is 6.88. The molecular formula is C29H36F3N7O10S. The third kappa shape index (κ3) is 14.7. The number of carboxylic acids is 4. The minimum atomic E-state index is -4.87. The van der Waals surface area contributed by atoms with E-state index in [-0.39, 0.29) is 49.3 Å². The molecule has 0 spiro atoms. The topological polar surface area (TPSA) is 246 Å². The molecule has 6 N–H and O–H groups in total. The van der Waals surface area contributed by atoms with Crippen LogP contribution in [0.4, 0.5) is 18.9 Å². The summed E-state index contributed by atoms with van der Waals surface area (Å²) in [4.78, 5) is 74.4. The van der Waals surface area contributed by atoms with E-state index in [0.29, 0.717) is 24.7 Å². The lowest BCUT2D eigenvalue weighted by molar-refractivity contribution is -0.143. The van der Waals surface area contributed by atoms with Gasteiger partial charge in [0.25, 0.3) is 5.56 Å². The largest absolute Gasteiger partial charge is 0.480 e. The number of amides is 1. The van der Waals surface area contributed by atoms with Crippen LogP contribution in [0.2, 0.25) is 0 Å². The van der Waals surface area contributed by atoms with E-state index in [1.54, 1.807) is 0 Å². The maximum Gasteiger partial charge on any atom is 0.417 e. The van der Waals surface area contributed by atoms with Crippen LogP contribution in [-0.4, -0.2) is 141 Å². The Morgan fingerprint density at radius 3 is 1.84 bits per heavy atom. The van der Waals surface area contributed by atoms with Crippen molar-refractivity contribution in [1.82, 2.24) is 19.4 Å². The molecule has 1 aromatic heterocycles. The number of thioether (sulfide) groups is 1. The highest BCUT2D eigenvalue weighted by molar-refractivity contribution is 8.03. The summed E-state index contributed by atoms with van der Waals surface area (Å²) in [6.07, 6.45) is -3.78. The van der Waals surface area contributed by atoms with Crippen LogP contribution >= 0.6 is 11.8 Å². The maximum absolute atomic E-state index is 13.8. The normalized spacial score (nSPS) is 11.5. The van der Waals surface area contributed by atoms with Gasteiger partial charge in [-0.25, -0.2) is 4.68 Å². The summed E-state index contributed by atoms with van der Waals surface area (Å²) in [6, 6.07) is 3.86. The van der Waals surface area contributed by atoms with Gasteiger partial charge in [0, 0.05) is 55.6 Å². The zero-order valence-electron chi connectivity index (χ0n) is 26.5. The van der Waals surface area contributed by atoms with E-state index in [1.807, 2.05) is 5.40 Å². The molecule has 0 fully saturated rings. The molecule has 0 atom stereocenters. The number of carboxylic acid groups (broad SMARTS) is 4. The molecule has 1 amide bonds. The van der Waals surface area contributed by atoms with Crippen LogP contribution in [0, 0.1) is 10.7 Å². The molecular weight excluding hydrogens is 695 g/mol. The van der Waals surface area contributed by atoms with Crippen LogP contribution in [0.15, 0.2) is 29.1 Å². The first-order valence-electron chi connectivity index (χ1n) is 14.9. The van der Waals surface area contributed by atoms with Gasteiger partial charge in [-0.1, -0.05) is 6.07 Å². The smallest absolute Gasteiger partial charge is 0.417 e. The number of nitriles is 1. The van der Waals surface area contributed by atoms with E-state index >= 15 is 0 Å². The Morgan fingerprint density at radius 1 is 0.800 bits per heavy atom. The van der Waals surface area contributed by atoms with Gasteiger partial charge in [-0.05, 0) is 36.7 Å². The number of aliphatic carboxylic acids is 4. The van der Waals surface area contributed by atoms with E-state index in [0.717, 1.165) is 38.4 Å². The second-order valence-electron chi connectivity index (χ2n) is 10.8. The molecule has 50 heavy (non-hydrogen) atoms. The lowest BCUT2D eigenvalue weighted by atomic mass is 10.1. The molecule has 0 saturated carbocycles. The molecule has 21 heteroatoms. The molecule has 1 aromatic carbocycles. The SMILES string of the molecule is N#CSCCCCNn1c(=O)cc(C(F)(F)F)c2ccc(NC(=O)CN(CCN(CCN(CC(=O)O)CC(=O)O)CC(=O)O)CC(=O)O)cc21. The fourth-order valence-electron chi connectivity index (χ4n) is 4.77. The second kappa shape index (κ2) is 19.9. The van der Waals surface area contributed by atoms with Crippen LogP contribution in [0.3, 0.4) is 0 Å². The minimum absolute atomic E-state index is 0.0121. The van der Waals surface area contributed by atoms with Crippen LogP contribution < -0.4 is 16.3 Å². The van der Waals surface area contributed by atoms with Gasteiger partial charge < -0.3 is 31.2 Å². The monoisotopic (exact) mass is 731 g/mol. The van der Waals surface area contributed by atoms with E-state index in [9.17, 15) is 52.2 Å².